The summed E-state index contributed by atoms with van der Waals surface area (Å²) in [6.45, 7) is 1.41. The van der Waals surface area contributed by atoms with Crippen molar-refractivity contribution in [2.45, 2.75) is 6.92 Å². The number of hydrogen-bond acceptors (Lipinski definition) is 5. The standard InChI is InChI=1S/C19H13BrN2O5/c1-10-15(19(25)26)16(22-27-10)18(24)21-14-8-4-12(5-9-14)17(23)11-2-6-13(20)7-3-11/h2-9H,1H3,(H,21,24)(H,25,26). The lowest BCUT2D eigenvalue weighted by Gasteiger charge is -2.06. The van der Waals surface area contributed by atoms with Gasteiger partial charge in [-0.2, -0.15) is 0 Å². The Morgan fingerprint density at radius 2 is 1.56 bits per heavy atom. The number of nitrogens with zero attached hydrogens (tertiary/aromatic N) is 1. The summed E-state index contributed by atoms with van der Waals surface area (Å²) in [6, 6.07) is 13.2. The molecule has 27 heavy (non-hydrogen) atoms. The molecule has 0 aliphatic carbocycles. The van der Waals surface area contributed by atoms with Crippen LogP contribution < -0.4 is 5.32 Å². The van der Waals surface area contributed by atoms with Gasteiger partial charge < -0.3 is 14.9 Å². The van der Waals surface area contributed by atoms with Gasteiger partial charge in [0, 0.05) is 21.3 Å². The molecule has 1 aromatic heterocycles. The molecule has 2 aromatic carbocycles. The second-order valence-corrected chi connectivity index (χ2v) is 6.55. The van der Waals surface area contributed by atoms with Crippen LogP contribution in [0.1, 0.15) is 42.5 Å². The number of ketones is 1. The SMILES string of the molecule is Cc1onc(C(=O)Nc2ccc(C(=O)c3ccc(Br)cc3)cc2)c1C(=O)O. The molecule has 7 nitrogen and oxygen atoms in total. The van der Waals surface area contributed by atoms with E-state index in [0.717, 1.165) is 4.47 Å². The number of benzene rings is 2. The molecule has 0 aliphatic heterocycles. The van der Waals surface area contributed by atoms with Crippen molar-refractivity contribution in [1.82, 2.24) is 5.16 Å². The Labute approximate surface area is 162 Å². The van der Waals surface area contributed by atoms with Gasteiger partial charge in [-0.25, -0.2) is 4.79 Å². The number of carboxylic acid groups (broad SMARTS) is 1. The van der Waals surface area contributed by atoms with Crippen molar-refractivity contribution in [2.75, 3.05) is 5.32 Å². The van der Waals surface area contributed by atoms with Gasteiger partial charge in [0.1, 0.15) is 11.3 Å². The van der Waals surface area contributed by atoms with Crippen molar-refractivity contribution in [3.8, 4) is 0 Å². The molecular weight excluding hydrogens is 416 g/mol. The average Bonchev–Trinajstić information content (AvgIpc) is 3.04. The third kappa shape index (κ3) is 3.95. The van der Waals surface area contributed by atoms with Gasteiger partial charge in [0.25, 0.3) is 5.91 Å². The van der Waals surface area contributed by atoms with Crippen LogP contribution in [0.2, 0.25) is 0 Å². The predicted octanol–water partition coefficient (Wildman–Crippen LogP) is 3.93. The molecule has 136 valence electrons. The first-order chi connectivity index (χ1) is 12.9. The van der Waals surface area contributed by atoms with Crippen LogP contribution >= 0.6 is 15.9 Å². The molecular formula is C19H13BrN2O5. The number of carbonyl (C=O) groups excluding carboxylic acids is 2. The Morgan fingerprint density at radius 3 is 2.11 bits per heavy atom. The highest BCUT2D eigenvalue weighted by Crippen LogP contribution is 2.18. The molecule has 0 bridgehead atoms. The fourth-order valence-electron chi connectivity index (χ4n) is 2.44. The highest BCUT2D eigenvalue weighted by molar-refractivity contribution is 9.10. The van der Waals surface area contributed by atoms with Gasteiger partial charge in [-0.1, -0.05) is 21.1 Å². The van der Waals surface area contributed by atoms with E-state index in [-0.39, 0.29) is 22.8 Å². The van der Waals surface area contributed by atoms with E-state index in [1.807, 2.05) is 0 Å². The van der Waals surface area contributed by atoms with E-state index in [9.17, 15) is 14.4 Å². The predicted molar refractivity (Wildman–Crippen MR) is 100 cm³/mol. The summed E-state index contributed by atoms with van der Waals surface area (Å²) in [5.74, 6) is -2.12. The number of aryl methyl sites for hydroxylation is 1. The van der Waals surface area contributed by atoms with Crippen LogP contribution in [0.5, 0.6) is 0 Å². The Balaban J connectivity index is 1.76. The number of hydrogen-bond donors (Lipinski definition) is 2. The molecule has 3 aromatic rings. The minimum atomic E-state index is -1.30. The fraction of sp³-hybridized carbons (Fsp3) is 0.0526. The normalized spacial score (nSPS) is 10.4. The number of nitrogens with one attached hydrogen (secondary N) is 1. The summed E-state index contributed by atoms with van der Waals surface area (Å²) in [5.41, 5.74) is 0.798. The molecule has 0 spiro atoms. The molecule has 0 aliphatic rings. The number of aromatic nitrogens is 1. The number of carboxylic acids is 1. The van der Waals surface area contributed by atoms with Crippen molar-refractivity contribution in [1.29, 1.82) is 0 Å². The van der Waals surface area contributed by atoms with Gasteiger partial charge >= 0.3 is 5.97 Å². The van der Waals surface area contributed by atoms with Gasteiger partial charge in [0.05, 0.1) is 0 Å². The molecule has 2 N–H and O–H groups in total. The summed E-state index contributed by atoms with van der Waals surface area (Å²) in [6.07, 6.45) is 0. The quantitative estimate of drug-likeness (QED) is 0.595. The maximum absolute atomic E-state index is 12.4. The molecule has 0 unspecified atom stereocenters. The van der Waals surface area contributed by atoms with Crippen molar-refractivity contribution < 1.29 is 24.0 Å². The van der Waals surface area contributed by atoms with Crippen LogP contribution in [0.3, 0.4) is 0 Å². The number of carbonyl (C=O) groups is 3. The third-order valence-electron chi connectivity index (χ3n) is 3.80. The summed E-state index contributed by atoms with van der Waals surface area (Å²) >= 11 is 3.32. The molecule has 0 radical (unpaired) electrons. The molecule has 8 heteroatoms. The largest absolute Gasteiger partial charge is 0.477 e. The van der Waals surface area contributed by atoms with E-state index < -0.39 is 11.9 Å². The van der Waals surface area contributed by atoms with E-state index in [1.165, 1.54) is 6.92 Å². The Hall–Kier alpha value is -3.26. The zero-order valence-electron chi connectivity index (χ0n) is 14.0. The molecule has 0 saturated carbocycles. The smallest absolute Gasteiger partial charge is 0.341 e. The lowest BCUT2D eigenvalue weighted by molar-refractivity contribution is 0.0691. The van der Waals surface area contributed by atoms with Crippen LogP contribution in [0, 0.1) is 6.92 Å². The molecule has 0 fully saturated rings. The average molecular weight is 429 g/mol. The number of halogens is 1. The second-order valence-electron chi connectivity index (χ2n) is 5.64. The maximum atomic E-state index is 12.4. The number of rotatable bonds is 5. The van der Waals surface area contributed by atoms with Gasteiger partial charge in [-0.15, -0.1) is 0 Å². The Morgan fingerprint density at radius 1 is 1.00 bits per heavy atom. The molecule has 3 rings (SSSR count). The molecule has 1 amide bonds. The van der Waals surface area contributed by atoms with Crippen LogP contribution in [-0.2, 0) is 0 Å². The summed E-state index contributed by atoms with van der Waals surface area (Å²) in [5, 5.41) is 15.2. The zero-order valence-corrected chi connectivity index (χ0v) is 15.6. The monoisotopic (exact) mass is 428 g/mol. The Bertz CT molecular complexity index is 1020. The summed E-state index contributed by atoms with van der Waals surface area (Å²) in [4.78, 5) is 35.9. The van der Waals surface area contributed by atoms with Crippen molar-refractivity contribution in [3.05, 3.63) is 81.1 Å². The highest BCUT2D eigenvalue weighted by atomic mass is 79.9. The van der Waals surface area contributed by atoms with Gasteiger partial charge in [-0.3, -0.25) is 9.59 Å². The topological polar surface area (TPSA) is 110 Å². The van der Waals surface area contributed by atoms with Gasteiger partial charge in [-0.05, 0) is 55.5 Å². The minimum absolute atomic E-state index is 0.0445. The lowest BCUT2D eigenvalue weighted by Crippen LogP contribution is -2.16. The zero-order chi connectivity index (χ0) is 19.6. The van der Waals surface area contributed by atoms with Gasteiger partial charge in [0.2, 0.25) is 0 Å². The van der Waals surface area contributed by atoms with Crippen molar-refractivity contribution >= 4 is 39.3 Å². The number of amides is 1. The molecule has 0 atom stereocenters. The Kier molecular flexibility index (Phi) is 5.18. The summed E-state index contributed by atoms with van der Waals surface area (Å²) < 4.78 is 5.66. The number of anilines is 1. The first-order valence-electron chi connectivity index (χ1n) is 7.78. The second kappa shape index (κ2) is 7.55. The van der Waals surface area contributed by atoms with Crippen molar-refractivity contribution in [2.24, 2.45) is 0 Å². The van der Waals surface area contributed by atoms with Crippen LogP contribution in [-0.4, -0.2) is 27.9 Å². The number of aromatic carboxylic acids is 1. The third-order valence-corrected chi connectivity index (χ3v) is 4.33. The minimum Gasteiger partial charge on any atom is -0.477 e. The summed E-state index contributed by atoms with van der Waals surface area (Å²) in [7, 11) is 0. The van der Waals surface area contributed by atoms with Gasteiger partial charge in [0.15, 0.2) is 11.5 Å². The van der Waals surface area contributed by atoms with E-state index in [4.69, 9.17) is 9.63 Å². The first-order valence-corrected chi connectivity index (χ1v) is 8.57. The lowest BCUT2D eigenvalue weighted by atomic mass is 10.0. The van der Waals surface area contributed by atoms with Crippen LogP contribution in [0.4, 0.5) is 5.69 Å². The van der Waals surface area contributed by atoms with E-state index in [0.29, 0.717) is 16.8 Å². The highest BCUT2D eigenvalue weighted by Gasteiger charge is 2.25. The van der Waals surface area contributed by atoms with E-state index in [1.54, 1.807) is 48.5 Å². The maximum Gasteiger partial charge on any atom is 0.341 e. The van der Waals surface area contributed by atoms with E-state index in [2.05, 4.69) is 26.4 Å². The molecule has 0 saturated heterocycles. The van der Waals surface area contributed by atoms with Crippen LogP contribution in [0.25, 0.3) is 0 Å². The first kappa shape index (κ1) is 18.5. The van der Waals surface area contributed by atoms with E-state index >= 15 is 0 Å². The fourth-order valence-corrected chi connectivity index (χ4v) is 2.71. The molecule has 1 heterocycles. The van der Waals surface area contributed by atoms with Crippen LogP contribution in [0.15, 0.2) is 57.5 Å². The van der Waals surface area contributed by atoms with Crippen molar-refractivity contribution in [3.63, 3.8) is 0 Å².